The van der Waals surface area contributed by atoms with Gasteiger partial charge in [0.25, 0.3) is 0 Å². The number of halogens is 1. The molecule has 2 heterocycles. The Balaban J connectivity index is 1.62. The third-order valence-electron chi connectivity index (χ3n) is 3.46. The maximum absolute atomic E-state index is 12.2. The van der Waals surface area contributed by atoms with E-state index in [0.717, 1.165) is 16.5 Å². The third-order valence-corrected chi connectivity index (χ3v) is 3.89. The summed E-state index contributed by atoms with van der Waals surface area (Å²) in [5.41, 5.74) is 2.49. The molecule has 0 fully saturated rings. The van der Waals surface area contributed by atoms with Crippen molar-refractivity contribution in [3.05, 3.63) is 64.2 Å². The second-order valence-electron chi connectivity index (χ2n) is 5.26. The van der Waals surface area contributed by atoms with Gasteiger partial charge in [0.15, 0.2) is 11.3 Å². The van der Waals surface area contributed by atoms with Gasteiger partial charge in [0, 0.05) is 28.7 Å². The number of fused-ring (bicyclic) bond motifs is 1. The first-order valence-corrected chi connectivity index (χ1v) is 8.03. The minimum atomic E-state index is -0.605. The molecule has 0 amide bonds. The van der Waals surface area contributed by atoms with Crippen LogP contribution in [0.3, 0.4) is 0 Å². The minimum Gasteiger partial charge on any atom is -0.454 e. The van der Waals surface area contributed by atoms with Crippen molar-refractivity contribution in [1.82, 2.24) is 4.98 Å². The Kier molecular flexibility index (Phi) is 4.66. The van der Waals surface area contributed by atoms with Crippen LogP contribution in [0, 0.1) is 6.92 Å². The summed E-state index contributed by atoms with van der Waals surface area (Å²) in [4.78, 5) is 27.0. The number of aryl methyl sites for hydroxylation is 1. The highest BCUT2D eigenvalue weighted by Crippen LogP contribution is 2.20. The first-order valence-electron chi connectivity index (χ1n) is 7.24. The topological polar surface area (TPSA) is 72.3 Å². The average Bonchev–Trinajstić information content (AvgIpc) is 3.16. The zero-order valence-corrected chi connectivity index (χ0v) is 14.4. The summed E-state index contributed by atoms with van der Waals surface area (Å²) in [5.74, 6) is -0.351. The van der Waals surface area contributed by atoms with Crippen molar-refractivity contribution in [3.8, 4) is 0 Å². The molecular weight excluding hydrogens is 374 g/mol. The Labute approximate surface area is 146 Å². The maximum atomic E-state index is 12.2. The molecule has 0 saturated heterocycles. The van der Waals surface area contributed by atoms with Gasteiger partial charge in [-0.3, -0.25) is 4.79 Å². The van der Waals surface area contributed by atoms with E-state index >= 15 is 0 Å². The van der Waals surface area contributed by atoms with E-state index in [-0.39, 0.29) is 12.4 Å². The number of ketones is 1. The Morgan fingerprint density at radius 2 is 2.12 bits per heavy atom. The SMILES string of the molecule is Cc1ccc2c(C(=O)COC(=O)/C=C/c3ccc(Br)o3)c[nH]c2c1. The molecule has 0 bridgehead atoms. The highest BCUT2D eigenvalue weighted by atomic mass is 79.9. The molecule has 3 rings (SSSR count). The van der Waals surface area contributed by atoms with Crippen LogP contribution in [0.15, 0.2) is 51.7 Å². The van der Waals surface area contributed by atoms with Gasteiger partial charge in [0.1, 0.15) is 5.76 Å². The fraction of sp³-hybridized carbons (Fsp3) is 0.111. The van der Waals surface area contributed by atoms with Gasteiger partial charge in [-0.25, -0.2) is 4.79 Å². The molecule has 0 unspecified atom stereocenters. The number of esters is 1. The van der Waals surface area contributed by atoms with Crippen LogP contribution >= 0.6 is 15.9 Å². The van der Waals surface area contributed by atoms with E-state index in [2.05, 4.69) is 20.9 Å². The van der Waals surface area contributed by atoms with Gasteiger partial charge in [-0.15, -0.1) is 0 Å². The first-order chi connectivity index (χ1) is 11.5. The quantitative estimate of drug-likeness (QED) is 0.403. The zero-order chi connectivity index (χ0) is 17.1. The molecule has 0 radical (unpaired) electrons. The monoisotopic (exact) mass is 387 g/mol. The first kappa shape index (κ1) is 16.3. The van der Waals surface area contributed by atoms with Gasteiger partial charge in [0.2, 0.25) is 5.78 Å². The van der Waals surface area contributed by atoms with E-state index in [1.54, 1.807) is 18.3 Å². The molecule has 5 nitrogen and oxygen atoms in total. The summed E-state index contributed by atoms with van der Waals surface area (Å²) in [6.45, 7) is 1.67. The van der Waals surface area contributed by atoms with Gasteiger partial charge >= 0.3 is 5.97 Å². The molecule has 122 valence electrons. The van der Waals surface area contributed by atoms with Crippen molar-refractivity contribution < 1.29 is 18.7 Å². The van der Waals surface area contributed by atoms with E-state index in [9.17, 15) is 9.59 Å². The molecular formula is C18H14BrNO4. The molecule has 24 heavy (non-hydrogen) atoms. The number of aromatic amines is 1. The Morgan fingerprint density at radius 1 is 1.29 bits per heavy atom. The zero-order valence-electron chi connectivity index (χ0n) is 12.8. The highest BCUT2D eigenvalue weighted by molar-refractivity contribution is 9.10. The second-order valence-corrected chi connectivity index (χ2v) is 6.04. The van der Waals surface area contributed by atoms with E-state index in [4.69, 9.17) is 9.15 Å². The number of H-pyrrole nitrogens is 1. The molecule has 0 saturated carbocycles. The Morgan fingerprint density at radius 3 is 2.88 bits per heavy atom. The number of hydrogen-bond donors (Lipinski definition) is 1. The number of rotatable bonds is 5. The van der Waals surface area contributed by atoms with Crippen molar-refractivity contribution >= 4 is 44.7 Å². The second kappa shape index (κ2) is 6.88. The number of Topliss-reactive ketones (excluding diaryl/α,β-unsaturated/α-hetero) is 1. The van der Waals surface area contributed by atoms with Crippen LogP contribution in [0.25, 0.3) is 17.0 Å². The molecule has 3 aromatic rings. The summed E-state index contributed by atoms with van der Waals surface area (Å²) in [5, 5.41) is 0.817. The summed E-state index contributed by atoms with van der Waals surface area (Å²) in [7, 11) is 0. The summed E-state index contributed by atoms with van der Waals surface area (Å²) in [6, 6.07) is 9.19. The van der Waals surface area contributed by atoms with Crippen molar-refractivity contribution in [1.29, 1.82) is 0 Å². The lowest BCUT2D eigenvalue weighted by Crippen LogP contribution is -2.12. The van der Waals surface area contributed by atoms with Crippen molar-refractivity contribution in [2.45, 2.75) is 6.92 Å². The van der Waals surface area contributed by atoms with Gasteiger partial charge in [-0.1, -0.05) is 12.1 Å². The largest absolute Gasteiger partial charge is 0.454 e. The molecule has 0 aliphatic heterocycles. The van der Waals surface area contributed by atoms with Crippen LogP contribution in [0.2, 0.25) is 0 Å². The molecule has 1 N–H and O–H groups in total. The number of carbonyl (C=O) groups is 2. The lowest BCUT2D eigenvalue weighted by Gasteiger charge is -2.01. The van der Waals surface area contributed by atoms with Crippen LogP contribution in [0.4, 0.5) is 0 Å². The number of furan rings is 1. The van der Waals surface area contributed by atoms with Gasteiger partial charge in [-0.05, 0) is 52.7 Å². The van der Waals surface area contributed by atoms with Gasteiger partial charge in [-0.2, -0.15) is 0 Å². The predicted octanol–water partition coefficient (Wildman–Crippen LogP) is 4.27. The number of hydrogen-bond acceptors (Lipinski definition) is 4. The molecule has 1 aromatic carbocycles. The molecule has 6 heteroatoms. The third kappa shape index (κ3) is 3.65. The molecule has 0 aliphatic carbocycles. The Bertz CT molecular complexity index is 936. The lowest BCUT2D eigenvalue weighted by atomic mass is 10.1. The molecule has 2 aromatic heterocycles. The minimum absolute atomic E-state index is 0.257. The molecule has 0 spiro atoms. The highest BCUT2D eigenvalue weighted by Gasteiger charge is 2.13. The number of aromatic nitrogens is 1. The van der Waals surface area contributed by atoms with Crippen LogP contribution < -0.4 is 0 Å². The summed E-state index contributed by atoms with van der Waals surface area (Å²) >= 11 is 3.17. The van der Waals surface area contributed by atoms with Gasteiger partial charge < -0.3 is 14.1 Å². The average molecular weight is 388 g/mol. The van der Waals surface area contributed by atoms with E-state index in [1.807, 2.05) is 25.1 Å². The lowest BCUT2D eigenvalue weighted by molar-refractivity contribution is -0.136. The maximum Gasteiger partial charge on any atom is 0.331 e. The fourth-order valence-electron chi connectivity index (χ4n) is 2.30. The van der Waals surface area contributed by atoms with Crippen molar-refractivity contribution in [3.63, 3.8) is 0 Å². The van der Waals surface area contributed by atoms with Crippen LogP contribution in [-0.2, 0) is 9.53 Å². The van der Waals surface area contributed by atoms with Crippen molar-refractivity contribution in [2.75, 3.05) is 6.61 Å². The fourth-order valence-corrected chi connectivity index (χ4v) is 2.62. The summed E-state index contributed by atoms with van der Waals surface area (Å²) in [6.07, 6.45) is 4.33. The van der Waals surface area contributed by atoms with Crippen LogP contribution in [0.1, 0.15) is 21.7 Å². The number of nitrogens with one attached hydrogen (secondary N) is 1. The predicted molar refractivity (Wildman–Crippen MR) is 93.8 cm³/mol. The molecule has 0 aliphatic rings. The normalized spacial score (nSPS) is 11.2. The van der Waals surface area contributed by atoms with E-state index < -0.39 is 5.97 Å². The van der Waals surface area contributed by atoms with E-state index in [0.29, 0.717) is 16.0 Å². The molecule has 0 atom stereocenters. The van der Waals surface area contributed by atoms with Gasteiger partial charge in [0.05, 0.1) is 0 Å². The summed E-state index contributed by atoms with van der Waals surface area (Å²) < 4.78 is 10.8. The van der Waals surface area contributed by atoms with Crippen LogP contribution in [-0.4, -0.2) is 23.3 Å². The standard InChI is InChI=1S/C18H14BrNO4/c1-11-2-5-13-14(9-20-15(13)8-11)16(21)10-23-18(22)7-4-12-3-6-17(19)24-12/h2-9,20H,10H2,1H3/b7-4+. The number of ether oxygens (including phenoxy) is 1. The Hall–Kier alpha value is -2.60. The number of benzene rings is 1. The number of carbonyl (C=O) groups excluding carboxylic acids is 2. The van der Waals surface area contributed by atoms with E-state index in [1.165, 1.54) is 12.2 Å². The van der Waals surface area contributed by atoms with Crippen LogP contribution in [0.5, 0.6) is 0 Å². The van der Waals surface area contributed by atoms with Crippen molar-refractivity contribution in [2.24, 2.45) is 0 Å². The smallest absolute Gasteiger partial charge is 0.331 e.